The highest BCUT2D eigenvalue weighted by atomic mass is 16.3. The van der Waals surface area contributed by atoms with Crippen molar-refractivity contribution < 1.29 is 14.0 Å². The van der Waals surface area contributed by atoms with Crippen molar-refractivity contribution in [2.75, 3.05) is 0 Å². The van der Waals surface area contributed by atoms with Crippen LogP contribution in [0.4, 0.5) is 0 Å². The van der Waals surface area contributed by atoms with Gasteiger partial charge in [0.05, 0.1) is 6.26 Å². The van der Waals surface area contributed by atoms with Gasteiger partial charge in [-0.3, -0.25) is 9.59 Å². The first kappa shape index (κ1) is 14.8. The van der Waals surface area contributed by atoms with Gasteiger partial charge in [0.1, 0.15) is 5.76 Å². The van der Waals surface area contributed by atoms with Gasteiger partial charge in [0.15, 0.2) is 0 Å². The van der Waals surface area contributed by atoms with Crippen LogP contribution in [0.2, 0.25) is 0 Å². The number of hydrogen-bond donors (Lipinski definition) is 2. The number of furan rings is 1. The van der Waals surface area contributed by atoms with E-state index in [1.54, 1.807) is 12.3 Å². The summed E-state index contributed by atoms with van der Waals surface area (Å²) in [5.74, 6) is -0.498. The summed E-state index contributed by atoms with van der Waals surface area (Å²) < 4.78 is 5.20. The number of hydrogen-bond acceptors (Lipinski definition) is 3. The molecule has 0 unspecified atom stereocenters. The molecule has 0 aliphatic rings. The highest BCUT2D eigenvalue weighted by molar-refractivity contribution is 6.35. The molecule has 0 bridgehead atoms. The van der Waals surface area contributed by atoms with Crippen LogP contribution in [0.3, 0.4) is 0 Å². The average Bonchev–Trinajstić information content (AvgIpc) is 2.98. The fourth-order valence-electron chi connectivity index (χ4n) is 1.93. The van der Waals surface area contributed by atoms with E-state index in [9.17, 15) is 9.59 Å². The van der Waals surface area contributed by atoms with Crippen LogP contribution in [-0.4, -0.2) is 17.9 Å². The normalized spacial score (nSPS) is 11.7. The summed E-state index contributed by atoms with van der Waals surface area (Å²) in [7, 11) is 0. The first-order chi connectivity index (χ1) is 10.1. The Morgan fingerprint density at radius 2 is 1.86 bits per heavy atom. The molecule has 5 heteroatoms. The minimum Gasteiger partial charge on any atom is -0.469 e. The van der Waals surface area contributed by atoms with Crippen molar-refractivity contribution in [1.82, 2.24) is 10.6 Å². The van der Waals surface area contributed by atoms with E-state index in [4.69, 9.17) is 4.42 Å². The van der Waals surface area contributed by atoms with Gasteiger partial charge in [-0.1, -0.05) is 30.3 Å². The molecule has 1 aromatic carbocycles. The molecule has 5 nitrogen and oxygen atoms in total. The maximum absolute atomic E-state index is 11.7. The van der Waals surface area contributed by atoms with Crippen LogP contribution in [0.1, 0.15) is 18.2 Å². The monoisotopic (exact) mass is 286 g/mol. The molecule has 2 N–H and O–H groups in total. The van der Waals surface area contributed by atoms with Crippen LogP contribution < -0.4 is 10.6 Å². The topological polar surface area (TPSA) is 71.3 Å². The van der Waals surface area contributed by atoms with Crippen LogP contribution in [0.25, 0.3) is 0 Å². The van der Waals surface area contributed by atoms with Gasteiger partial charge < -0.3 is 15.1 Å². The first-order valence-electron chi connectivity index (χ1n) is 6.80. The molecular weight excluding hydrogens is 268 g/mol. The van der Waals surface area contributed by atoms with E-state index >= 15 is 0 Å². The zero-order valence-electron chi connectivity index (χ0n) is 11.8. The third-order valence-corrected chi connectivity index (χ3v) is 2.97. The molecule has 2 amide bonds. The van der Waals surface area contributed by atoms with Crippen molar-refractivity contribution in [2.45, 2.75) is 25.9 Å². The van der Waals surface area contributed by atoms with E-state index in [0.29, 0.717) is 13.0 Å². The van der Waals surface area contributed by atoms with Gasteiger partial charge in [-0.05, 0) is 24.6 Å². The van der Waals surface area contributed by atoms with Crippen molar-refractivity contribution >= 4 is 11.8 Å². The Kier molecular flexibility index (Phi) is 5.15. The molecule has 2 aromatic rings. The number of carbonyl (C=O) groups is 2. The third-order valence-electron chi connectivity index (χ3n) is 2.97. The van der Waals surface area contributed by atoms with E-state index in [1.165, 1.54) is 0 Å². The molecule has 2 rings (SSSR count). The van der Waals surface area contributed by atoms with Gasteiger partial charge in [0, 0.05) is 19.0 Å². The predicted octanol–water partition coefficient (Wildman–Crippen LogP) is 1.64. The van der Waals surface area contributed by atoms with Crippen LogP contribution in [-0.2, 0) is 22.6 Å². The molecule has 21 heavy (non-hydrogen) atoms. The van der Waals surface area contributed by atoms with E-state index in [-0.39, 0.29) is 6.04 Å². The summed E-state index contributed by atoms with van der Waals surface area (Å²) >= 11 is 0. The second-order valence-electron chi connectivity index (χ2n) is 4.83. The molecule has 1 aromatic heterocycles. The Balaban J connectivity index is 1.75. The van der Waals surface area contributed by atoms with E-state index in [0.717, 1.165) is 11.3 Å². The molecule has 0 saturated heterocycles. The summed E-state index contributed by atoms with van der Waals surface area (Å²) in [5, 5.41) is 5.23. The second-order valence-corrected chi connectivity index (χ2v) is 4.83. The Morgan fingerprint density at radius 3 is 2.52 bits per heavy atom. The van der Waals surface area contributed by atoms with Gasteiger partial charge in [-0.25, -0.2) is 0 Å². The summed E-state index contributed by atoms with van der Waals surface area (Å²) in [5.41, 5.74) is 0.947. The lowest BCUT2D eigenvalue weighted by Gasteiger charge is -2.12. The van der Waals surface area contributed by atoms with Crippen LogP contribution in [0, 0.1) is 0 Å². The first-order valence-corrected chi connectivity index (χ1v) is 6.80. The van der Waals surface area contributed by atoms with Gasteiger partial charge >= 0.3 is 11.8 Å². The molecule has 0 fully saturated rings. The smallest absolute Gasteiger partial charge is 0.309 e. The highest BCUT2D eigenvalue weighted by Gasteiger charge is 2.16. The number of carbonyl (C=O) groups excluding carboxylic acids is 2. The third kappa shape index (κ3) is 4.80. The number of rotatable bonds is 5. The standard InChI is InChI=1S/C16H18N2O3/c1-12(10-14-8-5-9-21-14)18-16(20)15(19)17-11-13-6-3-2-4-7-13/h2-9,12H,10-11H2,1H3,(H,17,19)(H,18,20)/t12-/m0/s1. The highest BCUT2D eigenvalue weighted by Crippen LogP contribution is 2.03. The van der Waals surface area contributed by atoms with Crippen molar-refractivity contribution in [2.24, 2.45) is 0 Å². The van der Waals surface area contributed by atoms with Crippen LogP contribution in [0.5, 0.6) is 0 Å². The minimum absolute atomic E-state index is 0.175. The maximum atomic E-state index is 11.7. The Bertz CT molecular complexity index is 579. The quantitative estimate of drug-likeness (QED) is 0.821. The van der Waals surface area contributed by atoms with E-state index in [2.05, 4.69) is 10.6 Å². The molecule has 0 spiro atoms. The lowest BCUT2D eigenvalue weighted by Crippen LogP contribution is -2.44. The molecule has 0 aliphatic heterocycles. The fourth-order valence-corrected chi connectivity index (χ4v) is 1.93. The van der Waals surface area contributed by atoms with Crippen LogP contribution in [0.15, 0.2) is 53.1 Å². The number of benzene rings is 1. The zero-order valence-corrected chi connectivity index (χ0v) is 11.8. The molecule has 1 heterocycles. The second kappa shape index (κ2) is 7.28. The van der Waals surface area contributed by atoms with E-state index in [1.807, 2.05) is 43.3 Å². The largest absolute Gasteiger partial charge is 0.469 e. The van der Waals surface area contributed by atoms with Gasteiger partial charge in [-0.2, -0.15) is 0 Å². The molecule has 0 radical (unpaired) electrons. The molecule has 0 saturated carbocycles. The SMILES string of the molecule is C[C@@H](Cc1ccco1)NC(=O)C(=O)NCc1ccccc1. The summed E-state index contributed by atoms with van der Waals surface area (Å²) in [6.45, 7) is 2.16. The molecular formula is C16H18N2O3. The van der Waals surface area contributed by atoms with Crippen molar-refractivity contribution in [3.05, 3.63) is 60.1 Å². The predicted molar refractivity (Wildman–Crippen MR) is 78.3 cm³/mol. The molecule has 110 valence electrons. The minimum atomic E-state index is -0.634. The maximum Gasteiger partial charge on any atom is 0.309 e. The van der Waals surface area contributed by atoms with Crippen LogP contribution >= 0.6 is 0 Å². The summed E-state index contributed by atoms with van der Waals surface area (Å²) in [4.78, 5) is 23.5. The average molecular weight is 286 g/mol. The molecule has 1 atom stereocenters. The molecule has 0 aliphatic carbocycles. The van der Waals surface area contributed by atoms with Gasteiger partial charge in [-0.15, -0.1) is 0 Å². The number of nitrogens with one attached hydrogen (secondary N) is 2. The van der Waals surface area contributed by atoms with E-state index < -0.39 is 11.8 Å². The number of amides is 2. The summed E-state index contributed by atoms with van der Waals surface area (Å²) in [6.07, 6.45) is 2.13. The Hall–Kier alpha value is -2.56. The van der Waals surface area contributed by atoms with Gasteiger partial charge in [0.2, 0.25) is 0 Å². The van der Waals surface area contributed by atoms with Gasteiger partial charge in [0.25, 0.3) is 0 Å². The lowest BCUT2D eigenvalue weighted by molar-refractivity contribution is -0.139. The van der Waals surface area contributed by atoms with Crippen molar-refractivity contribution in [3.8, 4) is 0 Å². The zero-order chi connectivity index (χ0) is 15.1. The van der Waals surface area contributed by atoms with Crippen molar-refractivity contribution in [1.29, 1.82) is 0 Å². The fraction of sp³-hybridized carbons (Fsp3) is 0.250. The van der Waals surface area contributed by atoms with Crippen molar-refractivity contribution in [3.63, 3.8) is 0 Å². The summed E-state index contributed by atoms with van der Waals surface area (Å²) in [6, 6.07) is 12.9. The Labute approximate surface area is 123 Å². The lowest BCUT2D eigenvalue weighted by atomic mass is 10.2. The Morgan fingerprint density at radius 1 is 1.10 bits per heavy atom.